The molecule has 5 heteroatoms. The molecule has 140 valence electrons. The van der Waals surface area contributed by atoms with E-state index in [0.717, 1.165) is 70.9 Å². The summed E-state index contributed by atoms with van der Waals surface area (Å²) in [6.07, 6.45) is 10.4. The summed E-state index contributed by atoms with van der Waals surface area (Å²) in [5.41, 5.74) is -0.516. The molecule has 2 aliphatic carbocycles. The second-order valence-electron chi connectivity index (χ2n) is 8.70. The number of ether oxygens (including phenoxy) is 1. The molecule has 2 saturated carbocycles. The van der Waals surface area contributed by atoms with Gasteiger partial charge in [0.2, 0.25) is 11.8 Å². The summed E-state index contributed by atoms with van der Waals surface area (Å²) in [5.74, 6) is 0.971. The van der Waals surface area contributed by atoms with Gasteiger partial charge in [-0.3, -0.25) is 14.5 Å². The van der Waals surface area contributed by atoms with Crippen molar-refractivity contribution >= 4 is 11.8 Å². The zero-order chi connectivity index (χ0) is 17.4. The van der Waals surface area contributed by atoms with Crippen molar-refractivity contribution in [1.29, 1.82) is 0 Å². The summed E-state index contributed by atoms with van der Waals surface area (Å²) in [6, 6.07) is -0.392. The Morgan fingerprint density at radius 2 is 1.68 bits per heavy atom. The van der Waals surface area contributed by atoms with Crippen LogP contribution in [0.25, 0.3) is 0 Å². The molecule has 2 saturated heterocycles. The Balaban J connectivity index is 1.61. The van der Waals surface area contributed by atoms with Crippen LogP contribution in [0.3, 0.4) is 0 Å². The van der Waals surface area contributed by atoms with Crippen LogP contribution in [0.2, 0.25) is 0 Å². The van der Waals surface area contributed by atoms with Crippen LogP contribution in [-0.4, -0.2) is 53.1 Å². The molecule has 0 radical (unpaired) electrons. The van der Waals surface area contributed by atoms with Crippen LogP contribution < -0.4 is 0 Å². The fourth-order valence-electron chi connectivity index (χ4n) is 5.54. The highest BCUT2D eigenvalue weighted by Gasteiger charge is 2.55. The third kappa shape index (κ3) is 3.09. The normalized spacial score (nSPS) is 36.5. The average molecular weight is 348 g/mol. The fourth-order valence-corrected chi connectivity index (χ4v) is 5.54. The molecule has 2 aliphatic heterocycles. The fraction of sp³-hybridized carbons (Fsp3) is 0.900. The van der Waals surface area contributed by atoms with Gasteiger partial charge in [0.1, 0.15) is 11.8 Å². The van der Waals surface area contributed by atoms with Crippen LogP contribution in [0.1, 0.15) is 71.1 Å². The third-order valence-electron chi connectivity index (χ3n) is 6.84. The molecule has 2 heterocycles. The molecular formula is C20H32N2O3. The van der Waals surface area contributed by atoms with E-state index in [1.807, 2.05) is 9.80 Å². The van der Waals surface area contributed by atoms with Crippen LogP contribution in [0.4, 0.5) is 0 Å². The highest BCUT2D eigenvalue weighted by molar-refractivity contribution is 5.90. The van der Waals surface area contributed by atoms with Gasteiger partial charge < -0.3 is 9.64 Å². The lowest BCUT2D eigenvalue weighted by Crippen LogP contribution is -2.58. The monoisotopic (exact) mass is 348 g/mol. The van der Waals surface area contributed by atoms with Gasteiger partial charge in [0.15, 0.2) is 0 Å². The number of amides is 2. The Hall–Kier alpha value is -1.10. The van der Waals surface area contributed by atoms with Crippen LogP contribution in [0.15, 0.2) is 0 Å². The number of hydrogen-bond donors (Lipinski definition) is 0. The molecule has 0 aromatic carbocycles. The number of nitrogens with zero attached hydrogens (tertiary/aromatic N) is 2. The molecule has 0 bridgehead atoms. The van der Waals surface area contributed by atoms with Gasteiger partial charge in [-0.1, -0.05) is 26.2 Å². The second kappa shape index (κ2) is 6.90. The van der Waals surface area contributed by atoms with Crippen molar-refractivity contribution in [2.45, 2.75) is 82.9 Å². The van der Waals surface area contributed by atoms with E-state index >= 15 is 0 Å². The van der Waals surface area contributed by atoms with Crippen LogP contribution in [-0.2, 0) is 14.3 Å². The topological polar surface area (TPSA) is 49.9 Å². The van der Waals surface area contributed by atoms with E-state index in [4.69, 9.17) is 4.74 Å². The summed E-state index contributed by atoms with van der Waals surface area (Å²) >= 11 is 0. The Bertz CT molecular complexity index is 525. The maximum Gasteiger partial charge on any atom is 0.247 e. The van der Waals surface area contributed by atoms with Crippen molar-refractivity contribution in [1.82, 2.24) is 9.80 Å². The minimum Gasteiger partial charge on any atom is -0.353 e. The van der Waals surface area contributed by atoms with Gasteiger partial charge in [0.25, 0.3) is 0 Å². The Morgan fingerprint density at radius 3 is 2.36 bits per heavy atom. The van der Waals surface area contributed by atoms with Crippen LogP contribution >= 0.6 is 0 Å². The number of carbonyl (C=O) groups is 2. The minimum absolute atomic E-state index is 0.102. The zero-order valence-electron chi connectivity index (χ0n) is 15.5. The number of rotatable bonds is 2. The Kier molecular flexibility index (Phi) is 4.78. The maximum absolute atomic E-state index is 13.4. The Morgan fingerprint density at radius 1 is 0.960 bits per heavy atom. The largest absolute Gasteiger partial charge is 0.353 e. The predicted molar refractivity (Wildman–Crippen MR) is 94.7 cm³/mol. The third-order valence-corrected chi connectivity index (χ3v) is 6.84. The first-order valence-electron chi connectivity index (χ1n) is 10.4. The molecule has 4 fully saturated rings. The van der Waals surface area contributed by atoms with Crippen LogP contribution in [0.5, 0.6) is 0 Å². The molecule has 3 unspecified atom stereocenters. The first-order chi connectivity index (χ1) is 12.1. The smallest absolute Gasteiger partial charge is 0.247 e. The van der Waals surface area contributed by atoms with Gasteiger partial charge in [-0.25, -0.2) is 0 Å². The summed E-state index contributed by atoms with van der Waals surface area (Å²) < 4.78 is 6.30. The molecule has 5 nitrogen and oxygen atoms in total. The summed E-state index contributed by atoms with van der Waals surface area (Å²) in [7, 11) is 0. The molecule has 2 amide bonds. The van der Waals surface area contributed by atoms with Crippen molar-refractivity contribution in [3.8, 4) is 0 Å². The van der Waals surface area contributed by atoms with E-state index in [0.29, 0.717) is 12.5 Å². The van der Waals surface area contributed by atoms with Crippen molar-refractivity contribution < 1.29 is 14.3 Å². The lowest BCUT2D eigenvalue weighted by Gasteiger charge is -2.44. The number of carbonyl (C=O) groups excluding carboxylic acids is 2. The van der Waals surface area contributed by atoms with Gasteiger partial charge in [-0.05, 0) is 50.9 Å². The van der Waals surface area contributed by atoms with E-state index < -0.39 is 11.8 Å². The molecular weight excluding hydrogens is 316 g/mol. The zero-order valence-corrected chi connectivity index (χ0v) is 15.5. The van der Waals surface area contributed by atoms with Crippen molar-refractivity contribution in [3.05, 3.63) is 0 Å². The number of hydrogen-bond acceptors (Lipinski definition) is 3. The molecule has 0 aromatic rings. The molecule has 0 aromatic heterocycles. The van der Waals surface area contributed by atoms with E-state index in [2.05, 4.69) is 6.92 Å². The second-order valence-corrected chi connectivity index (χ2v) is 8.70. The van der Waals surface area contributed by atoms with Gasteiger partial charge in [-0.15, -0.1) is 0 Å². The van der Waals surface area contributed by atoms with Crippen molar-refractivity contribution in [3.63, 3.8) is 0 Å². The lowest BCUT2D eigenvalue weighted by atomic mass is 9.82. The van der Waals surface area contributed by atoms with Gasteiger partial charge in [0, 0.05) is 19.0 Å². The van der Waals surface area contributed by atoms with Crippen LogP contribution in [0, 0.1) is 11.8 Å². The van der Waals surface area contributed by atoms with E-state index in [-0.39, 0.29) is 17.7 Å². The quantitative estimate of drug-likeness (QED) is 0.771. The molecule has 0 N–H and O–H groups in total. The highest BCUT2D eigenvalue weighted by Crippen LogP contribution is 2.45. The summed E-state index contributed by atoms with van der Waals surface area (Å²) in [5, 5.41) is 0. The molecule has 25 heavy (non-hydrogen) atoms. The lowest BCUT2D eigenvalue weighted by molar-refractivity contribution is -0.167. The predicted octanol–water partition coefficient (Wildman–Crippen LogP) is 2.93. The maximum atomic E-state index is 13.4. The Labute approximate surface area is 151 Å². The SMILES string of the molecule is CC1CCCC2(C1)OCC(C(=O)N1CCCC1)N2C(=O)C1CCCC1. The van der Waals surface area contributed by atoms with E-state index in [9.17, 15) is 9.59 Å². The van der Waals surface area contributed by atoms with Gasteiger partial charge in [-0.2, -0.15) is 0 Å². The first-order valence-corrected chi connectivity index (χ1v) is 10.4. The highest BCUT2D eigenvalue weighted by atomic mass is 16.5. The summed E-state index contributed by atoms with van der Waals surface area (Å²) in [4.78, 5) is 30.5. The first kappa shape index (κ1) is 17.3. The van der Waals surface area contributed by atoms with Crippen molar-refractivity contribution in [2.24, 2.45) is 11.8 Å². The standard InChI is InChI=1S/C20H32N2O3/c1-15-7-6-10-20(13-15)22(18(23)16-8-2-3-9-16)17(14-25-20)19(24)21-11-4-5-12-21/h15-17H,2-14H2,1H3. The number of likely N-dealkylation sites (tertiary alicyclic amines) is 1. The molecule has 4 aliphatic rings. The van der Waals surface area contributed by atoms with E-state index in [1.54, 1.807) is 0 Å². The van der Waals surface area contributed by atoms with E-state index in [1.165, 1.54) is 6.42 Å². The van der Waals surface area contributed by atoms with Crippen molar-refractivity contribution in [2.75, 3.05) is 19.7 Å². The van der Waals surface area contributed by atoms with Gasteiger partial charge >= 0.3 is 0 Å². The average Bonchev–Trinajstić information content (AvgIpc) is 3.35. The molecule has 1 spiro atoms. The summed E-state index contributed by atoms with van der Waals surface area (Å²) in [6.45, 7) is 4.31. The van der Waals surface area contributed by atoms with Gasteiger partial charge in [0.05, 0.1) is 6.61 Å². The minimum atomic E-state index is -0.516. The molecule has 3 atom stereocenters. The molecule has 4 rings (SSSR count).